The summed E-state index contributed by atoms with van der Waals surface area (Å²) < 4.78 is 13.5. The zero-order valence-corrected chi connectivity index (χ0v) is 18.9. The Morgan fingerprint density at radius 1 is 1.13 bits per heavy atom. The van der Waals surface area contributed by atoms with Gasteiger partial charge in [0.2, 0.25) is 5.88 Å². The zero-order chi connectivity index (χ0) is 22.2. The van der Waals surface area contributed by atoms with Crippen molar-refractivity contribution in [3.63, 3.8) is 0 Å². The minimum absolute atomic E-state index is 0.219. The maximum absolute atomic E-state index is 6.25. The lowest BCUT2D eigenvalue weighted by Gasteiger charge is -2.11. The average Bonchev–Trinajstić information content (AvgIpc) is 3.05. The van der Waals surface area contributed by atoms with Gasteiger partial charge in [-0.2, -0.15) is 14.9 Å². The number of hydrazone groups is 1. The van der Waals surface area contributed by atoms with Crippen molar-refractivity contribution in [3.05, 3.63) is 65.9 Å². The number of ether oxygens (including phenoxy) is 2. The largest absolute Gasteiger partial charge is 0.494 e. The van der Waals surface area contributed by atoms with Crippen molar-refractivity contribution in [2.24, 2.45) is 5.10 Å². The van der Waals surface area contributed by atoms with Crippen LogP contribution in [-0.2, 0) is 0 Å². The van der Waals surface area contributed by atoms with Gasteiger partial charge in [0.15, 0.2) is 5.11 Å². The normalized spacial score (nSPS) is 11.0. The first-order chi connectivity index (χ1) is 15.0. The van der Waals surface area contributed by atoms with Gasteiger partial charge in [0, 0.05) is 6.04 Å². The molecule has 2 N–H and O–H groups in total. The molecule has 3 rings (SSSR count). The molecule has 0 aliphatic heterocycles. The molecule has 0 radical (unpaired) electrons. The molecule has 0 aliphatic rings. The quantitative estimate of drug-likeness (QED) is 0.305. The van der Waals surface area contributed by atoms with Crippen LogP contribution < -0.4 is 20.2 Å². The van der Waals surface area contributed by atoms with Crippen LogP contribution in [0.5, 0.6) is 17.4 Å². The van der Waals surface area contributed by atoms with E-state index >= 15 is 0 Å². The third-order valence-electron chi connectivity index (χ3n) is 4.19. The SMILES string of the molecule is CCOc1ccc(Oc2c(/C=N\NC(=S)NC(C)C)c(C)nn2-c2ccccc2)cc1. The maximum Gasteiger partial charge on any atom is 0.231 e. The van der Waals surface area contributed by atoms with Gasteiger partial charge < -0.3 is 14.8 Å². The summed E-state index contributed by atoms with van der Waals surface area (Å²) in [6, 6.07) is 17.5. The summed E-state index contributed by atoms with van der Waals surface area (Å²) in [7, 11) is 0. The second-order valence-corrected chi connectivity index (χ2v) is 7.46. The van der Waals surface area contributed by atoms with E-state index in [1.165, 1.54) is 0 Å². The lowest BCUT2D eigenvalue weighted by atomic mass is 10.2. The molecule has 0 spiro atoms. The van der Waals surface area contributed by atoms with Crippen molar-refractivity contribution >= 4 is 23.5 Å². The predicted octanol–water partition coefficient (Wildman–Crippen LogP) is 4.58. The molecule has 0 atom stereocenters. The fraction of sp³-hybridized carbons (Fsp3) is 0.261. The number of para-hydroxylation sites is 1. The van der Waals surface area contributed by atoms with Crippen LogP contribution in [0.3, 0.4) is 0 Å². The van der Waals surface area contributed by atoms with E-state index in [9.17, 15) is 0 Å². The maximum atomic E-state index is 6.25. The summed E-state index contributed by atoms with van der Waals surface area (Å²) in [6.07, 6.45) is 1.67. The predicted molar refractivity (Wildman–Crippen MR) is 128 cm³/mol. The molecule has 162 valence electrons. The molecule has 7 nitrogen and oxygen atoms in total. The van der Waals surface area contributed by atoms with Gasteiger partial charge in [0.05, 0.1) is 29.8 Å². The van der Waals surface area contributed by atoms with Crippen molar-refractivity contribution in [3.8, 4) is 23.1 Å². The molecular formula is C23H27N5O2S. The number of hydrogen-bond acceptors (Lipinski definition) is 5. The highest BCUT2D eigenvalue weighted by Crippen LogP contribution is 2.30. The summed E-state index contributed by atoms with van der Waals surface area (Å²) in [6.45, 7) is 8.49. The topological polar surface area (TPSA) is 72.7 Å². The number of thiocarbonyl (C=S) groups is 1. The van der Waals surface area contributed by atoms with Gasteiger partial charge >= 0.3 is 0 Å². The Labute approximate surface area is 188 Å². The number of aromatic nitrogens is 2. The van der Waals surface area contributed by atoms with E-state index in [1.54, 1.807) is 10.9 Å². The molecular weight excluding hydrogens is 410 g/mol. The Bertz CT molecular complexity index is 1030. The van der Waals surface area contributed by atoms with Gasteiger partial charge in [-0.05, 0) is 76.3 Å². The molecule has 0 fully saturated rings. The van der Waals surface area contributed by atoms with Crippen molar-refractivity contribution in [1.29, 1.82) is 0 Å². The van der Waals surface area contributed by atoms with Crippen LogP contribution in [0, 0.1) is 6.92 Å². The zero-order valence-electron chi connectivity index (χ0n) is 18.1. The first-order valence-electron chi connectivity index (χ1n) is 10.1. The molecule has 31 heavy (non-hydrogen) atoms. The third kappa shape index (κ3) is 6.05. The highest BCUT2D eigenvalue weighted by atomic mass is 32.1. The fourth-order valence-corrected chi connectivity index (χ4v) is 3.13. The summed E-state index contributed by atoms with van der Waals surface area (Å²) in [4.78, 5) is 0. The minimum Gasteiger partial charge on any atom is -0.494 e. The van der Waals surface area contributed by atoms with Crippen LogP contribution in [0.15, 0.2) is 59.7 Å². The molecule has 0 saturated heterocycles. The molecule has 8 heteroatoms. The monoisotopic (exact) mass is 437 g/mol. The van der Waals surface area contributed by atoms with Gasteiger partial charge in [-0.25, -0.2) is 0 Å². The average molecular weight is 438 g/mol. The standard InChI is InChI=1S/C23H27N5O2S/c1-5-29-19-11-13-20(14-12-19)30-22-21(15-24-26-23(31)25-16(2)3)17(4)27-28(22)18-9-7-6-8-10-18/h6-16H,5H2,1-4H3,(H2,25,26,31)/b24-15-. The number of nitrogens with one attached hydrogen (secondary N) is 2. The first-order valence-corrected chi connectivity index (χ1v) is 10.5. The van der Waals surface area contributed by atoms with Crippen LogP contribution in [0.2, 0.25) is 0 Å². The summed E-state index contributed by atoms with van der Waals surface area (Å²) in [5.74, 6) is 2.01. The lowest BCUT2D eigenvalue weighted by Crippen LogP contribution is -2.36. The number of nitrogens with zero attached hydrogens (tertiary/aromatic N) is 3. The van der Waals surface area contributed by atoms with E-state index in [1.807, 2.05) is 82.3 Å². The van der Waals surface area contributed by atoms with Gasteiger partial charge in [-0.1, -0.05) is 18.2 Å². The van der Waals surface area contributed by atoms with Gasteiger partial charge in [0.25, 0.3) is 0 Å². The number of benzene rings is 2. The molecule has 2 aromatic carbocycles. The Morgan fingerprint density at radius 2 is 1.81 bits per heavy atom. The van der Waals surface area contributed by atoms with E-state index in [0.29, 0.717) is 23.3 Å². The number of aryl methyl sites for hydroxylation is 1. The molecule has 1 aromatic heterocycles. The van der Waals surface area contributed by atoms with Crippen molar-refractivity contribution < 1.29 is 9.47 Å². The van der Waals surface area contributed by atoms with Crippen molar-refractivity contribution in [2.75, 3.05) is 6.61 Å². The molecule has 0 amide bonds. The van der Waals surface area contributed by atoms with E-state index in [2.05, 4.69) is 20.9 Å². The van der Waals surface area contributed by atoms with E-state index in [-0.39, 0.29) is 6.04 Å². The fourth-order valence-electron chi connectivity index (χ4n) is 2.84. The van der Waals surface area contributed by atoms with E-state index in [0.717, 1.165) is 22.7 Å². The van der Waals surface area contributed by atoms with Crippen LogP contribution in [0.25, 0.3) is 5.69 Å². The highest BCUT2D eigenvalue weighted by molar-refractivity contribution is 7.80. The van der Waals surface area contributed by atoms with Crippen LogP contribution in [0.1, 0.15) is 32.0 Å². The van der Waals surface area contributed by atoms with Gasteiger partial charge in [0.1, 0.15) is 11.5 Å². The van der Waals surface area contributed by atoms with Crippen LogP contribution in [0.4, 0.5) is 0 Å². The summed E-state index contributed by atoms with van der Waals surface area (Å²) >= 11 is 5.23. The Morgan fingerprint density at radius 3 is 2.45 bits per heavy atom. The summed E-state index contributed by atoms with van der Waals surface area (Å²) in [5.41, 5.74) is 5.24. The minimum atomic E-state index is 0.219. The first kappa shape index (κ1) is 22.3. The Kier molecular flexibility index (Phi) is 7.61. The molecule has 1 heterocycles. The molecule has 0 saturated carbocycles. The summed E-state index contributed by atoms with van der Waals surface area (Å²) in [5, 5.41) is 12.5. The van der Waals surface area contributed by atoms with Crippen LogP contribution in [-0.4, -0.2) is 33.8 Å². The molecule has 0 unspecified atom stereocenters. The second kappa shape index (κ2) is 10.6. The molecule has 3 aromatic rings. The molecule has 0 bridgehead atoms. The van der Waals surface area contributed by atoms with E-state index < -0.39 is 0 Å². The van der Waals surface area contributed by atoms with Gasteiger partial charge in [-0.3, -0.25) is 5.43 Å². The van der Waals surface area contributed by atoms with Gasteiger partial charge in [-0.15, -0.1) is 0 Å². The Balaban J connectivity index is 1.92. The number of hydrogen-bond donors (Lipinski definition) is 2. The van der Waals surface area contributed by atoms with Crippen molar-refractivity contribution in [2.45, 2.75) is 33.7 Å². The van der Waals surface area contributed by atoms with Crippen molar-refractivity contribution in [1.82, 2.24) is 20.5 Å². The lowest BCUT2D eigenvalue weighted by molar-refractivity contribution is 0.339. The highest BCUT2D eigenvalue weighted by Gasteiger charge is 2.18. The Hall–Kier alpha value is -3.39. The van der Waals surface area contributed by atoms with E-state index in [4.69, 9.17) is 21.7 Å². The second-order valence-electron chi connectivity index (χ2n) is 7.06. The smallest absolute Gasteiger partial charge is 0.231 e. The molecule has 0 aliphatic carbocycles. The number of rotatable bonds is 8. The van der Waals surface area contributed by atoms with Crippen LogP contribution >= 0.6 is 12.2 Å². The third-order valence-corrected chi connectivity index (χ3v) is 4.40.